The van der Waals surface area contributed by atoms with Gasteiger partial charge in [-0.2, -0.15) is 11.8 Å². The SMILES string of the molecule is CS[C@@H](C)C(=O)N1CCCC[C@H]1C(=O)Nc1ccc2c(c1)CCO2. The van der Waals surface area contributed by atoms with Crippen molar-refractivity contribution in [1.82, 2.24) is 4.90 Å². The van der Waals surface area contributed by atoms with Gasteiger partial charge in [0.05, 0.1) is 11.9 Å². The number of amides is 2. The zero-order valence-electron chi connectivity index (χ0n) is 14.2. The van der Waals surface area contributed by atoms with E-state index in [0.29, 0.717) is 13.2 Å². The number of carbonyl (C=O) groups excluding carboxylic acids is 2. The number of anilines is 1. The lowest BCUT2D eigenvalue weighted by Crippen LogP contribution is -2.52. The minimum absolute atomic E-state index is 0.0599. The number of likely N-dealkylation sites (tertiary alicyclic amines) is 1. The third kappa shape index (κ3) is 3.53. The number of hydrogen-bond donors (Lipinski definition) is 1. The molecule has 2 heterocycles. The van der Waals surface area contributed by atoms with Crippen molar-refractivity contribution < 1.29 is 14.3 Å². The fourth-order valence-corrected chi connectivity index (χ4v) is 3.63. The Morgan fingerprint density at radius 2 is 2.21 bits per heavy atom. The highest BCUT2D eigenvalue weighted by Gasteiger charge is 2.34. The zero-order chi connectivity index (χ0) is 17.1. The van der Waals surface area contributed by atoms with E-state index in [1.165, 1.54) is 11.8 Å². The quantitative estimate of drug-likeness (QED) is 0.909. The van der Waals surface area contributed by atoms with E-state index in [0.717, 1.165) is 42.7 Å². The number of thioether (sulfide) groups is 1. The Kier molecular flexibility index (Phi) is 5.33. The van der Waals surface area contributed by atoms with Crippen LogP contribution >= 0.6 is 11.8 Å². The summed E-state index contributed by atoms with van der Waals surface area (Å²) in [6, 6.07) is 5.36. The lowest BCUT2D eigenvalue weighted by atomic mass is 10.0. The van der Waals surface area contributed by atoms with Crippen LogP contribution in [-0.4, -0.2) is 47.4 Å². The van der Waals surface area contributed by atoms with Crippen molar-refractivity contribution in [2.45, 2.75) is 43.9 Å². The van der Waals surface area contributed by atoms with Crippen molar-refractivity contribution in [3.63, 3.8) is 0 Å². The minimum atomic E-state index is -0.370. The number of benzene rings is 1. The molecule has 24 heavy (non-hydrogen) atoms. The summed E-state index contributed by atoms with van der Waals surface area (Å²) >= 11 is 1.52. The molecule has 130 valence electrons. The Labute approximate surface area is 147 Å². The number of hydrogen-bond acceptors (Lipinski definition) is 4. The van der Waals surface area contributed by atoms with Crippen molar-refractivity contribution in [1.29, 1.82) is 0 Å². The Balaban J connectivity index is 1.71. The molecule has 1 saturated heterocycles. The standard InChI is InChI=1S/C18H24N2O3S/c1-12(24-2)18(22)20-9-4-3-5-15(20)17(21)19-14-6-7-16-13(11-14)8-10-23-16/h6-7,11-12,15H,3-5,8-10H2,1-2H3,(H,19,21)/t12-,15-/m0/s1. The molecule has 1 aromatic rings. The number of nitrogens with one attached hydrogen (secondary N) is 1. The molecule has 0 radical (unpaired) electrons. The Bertz CT molecular complexity index is 635. The van der Waals surface area contributed by atoms with Gasteiger partial charge < -0.3 is 15.0 Å². The van der Waals surface area contributed by atoms with Crippen molar-refractivity contribution in [2.75, 3.05) is 24.7 Å². The molecule has 0 unspecified atom stereocenters. The summed E-state index contributed by atoms with van der Waals surface area (Å²) in [7, 11) is 0. The van der Waals surface area contributed by atoms with E-state index in [4.69, 9.17) is 4.74 Å². The average Bonchev–Trinajstić information content (AvgIpc) is 3.08. The van der Waals surface area contributed by atoms with Gasteiger partial charge in [0.15, 0.2) is 0 Å². The van der Waals surface area contributed by atoms with E-state index >= 15 is 0 Å². The fourth-order valence-electron chi connectivity index (χ4n) is 3.29. The molecule has 1 fully saturated rings. The molecule has 2 aliphatic heterocycles. The maximum atomic E-state index is 12.8. The predicted octanol–water partition coefficient (Wildman–Crippen LogP) is 2.69. The molecule has 5 nitrogen and oxygen atoms in total. The molecule has 2 aliphatic rings. The lowest BCUT2D eigenvalue weighted by Gasteiger charge is -2.36. The van der Waals surface area contributed by atoms with Crippen molar-refractivity contribution >= 4 is 29.3 Å². The first-order valence-electron chi connectivity index (χ1n) is 8.50. The van der Waals surface area contributed by atoms with Crippen LogP contribution < -0.4 is 10.1 Å². The molecule has 3 rings (SSSR count). The molecule has 0 saturated carbocycles. The number of rotatable bonds is 4. The predicted molar refractivity (Wildman–Crippen MR) is 96.6 cm³/mol. The van der Waals surface area contributed by atoms with E-state index in [1.807, 2.05) is 31.4 Å². The molecule has 1 aromatic carbocycles. The van der Waals surface area contributed by atoms with Crippen molar-refractivity contribution in [3.05, 3.63) is 23.8 Å². The summed E-state index contributed by atoms with van der Waals surface area (Å²) in [5.41, 5.74) is 1.90. The monoisotopic (exact) mass is 348 g/mol. The van der Waals surface area contributed by atoms with E-state index in [2.05, 4.69) is 5.32 Å². The molecule has 0 bridgehead atoms. The van der Waals surface area contributed by atoms with Crippen LogP contribution in [0.5, 0.6) is 5.75 Å². The van der Waals surface area contributed by atoms with Gasteiger partial charge in [-0.25, -0.2) is 0 Å². The third-order valence-electron chi connectivity index (χ3n) is 4.75. The van der Waals surface area contributed by atoms with Crippen LogP contribution in [0.15, 0.2) is 18.2 Å². The van der Waals surface area contributed by atoms with Gasteiger partial charge in [0.2, 0.25) is 11.8 Å². The average molecular weight is 348 g/mol. The normalized spacial score (nSPS) is 20.9. The van der Waals surface area contributed by atoms with Gasteiger partial charge in [-0.05, 0) is 56.2 Å². The lowest BCUT2D eigenvalue weighted by molar-refractivity contribution is -0.139. The van der Waals surface area contributed by atoms with Gasteiger partial charge in [0, 0.05) is 18.7 Å². The number of piperidine rings is 1. The molecular weight excluding hydrogens is 324 g/mol. The van der Waals surface area contributed by atoms with Gasteiger partial charge in [-0.15, -0.1) is 0 Å². The Morgan fingerprint density at radius 3 is 3.00 bits per heavy atom. The topological polar surface area (TPSA) is 58.6 Å². The summed E-state index contributed by atoms with van der Waals surface area (Å²) in [6.45, 7) is 3.27. The molecule has 1 N–H and O–H groups in total. The van der Waals surface area contributed by atoms with Crippen LogP contribution in [-0.2, 0) is 16.0 Å². The molecular formula is C18H24N2O3S. The largest absolute Gasteiger partial charge is 0.493 e. The second-order valence-electron chi connectivity index (χ2n) is 6.33. The summed E-state index contributed by atoms with van der Waals surface area (Å²) in [6.07, 6.45) is 5.47. The molecule has 0 aliphatic carbocycles. The van der Waals surface area contributed by atoms with Gasteiger partial charge in [0.1, 0.15) is 11.8 Å². The number of fused-ring (bicyclic) bond motifs is 1. The van der Waals surface area contributed by atoms with Gasteiger partial charge in [-0.1, -0.05) is 0 Å². The maximum absolute atomic E-state index is 12.8. The minimum Gasteiger partial charge on any atom is -0.493 e. The summed E-state index contributed by atoms with van der Waals surface area (Å²) in [4.78, 5) is 27.1. The Morgan fingerprint density at radius 1 is 1.38 bits per heavy atom. The number of nitrogens with zero attached hydrogens (tertiary/aromatic N) is 1. The first-order valence-corrected chi connectivity index (χ1v) is 9.79. The van der Waals surface area contributed by atoms with E-state index < -0.39 is 0 Å². The van der Waals surface area contributed by atoms with Crippen LogP contribution in [0.3, 0.4) is 0 Å². The van der Waals surface area contributed by atoms with E-state index in [9.17, 15) is 9.59 Å². The zero-order valence-corrected chi connectivity index (χ0v) is 15.0. The molecule has 2 atom stereocenters. The van der Waals surface area contributed by atoms with Crippen molar-refractivity contribution in [3.8, 4) is 5.75 Å². The molecule has 2 amide bonds. The number of carbonyl (C=O) groups is 2. The van der Waals surface area contributed by atoms with E-state index in [-0.39, 0.29) is 23.1 Å². The second kappa shape index (κ2) is 7.47. The smallest absolute Gasteiger partial charge is 0.247 e. The molecule has 0 spiro atoms. The van der Waals surface area contributed by atoms with Gasteiger partial charge in [0.25, 0.3) is 0 Å². The Hall–Kier alpha value is -1.69. The van der Waals surface area contributed by atoms with Crippen LogP contribution in [0.25, 0.3) is 0 Å². The fraction of sp³-hybridized carbons (Fsp3) is 0.556. The van der Waals surface area contributed by atoms with E-state index in [1.54, 1.807) is 4.90 Å². The third-order valence-corrected chi connectivity index (χ3v) is 5.66. The summed E-state index contributed by atoms with van der Waals surface area (Å²) in [5.74, 6) is 0.871. The number of ether oxygens (including phenoxy) is 1. The van der Waals surface area contributed by atoms with Gasteiger partial charge >= 0.3 is 0 Å². The van der Waals surface area contributed by atoms with Crippen LogP contribution in [0.1, 0.15) is 31.7 Å². The summed E-state index contributed by atoms with van der Waals surface area (Å²) in [5, 5.41) is 2.87. The highest BCUT2D eigenvalue weighted by atomic mass is 32.2. The highest BCUT2D eigenvalue weighted by molar-refractivity contribution is 7.99. The van der Waals surface area contributed by atoms with Crippen LogP contribution in [0.4, 0.5) is 5.69 Å². The second-order valence-corrected chi connectivity index (χ2v) is 7.51. The van der Waals surface area contributed by atoms with Crippen LogP contribution in [0, 0.1) is 0 Å². The van der Waals surface area contributed by atoms with Crippen molar-refractivity contribution in [2.24, 2.45) is 0 Å². The molecule has 6 heteroatoms. The maximum Gasteiger partial charge on any atom is 0.247 e. The first kappa shape index (κ1) is 17.1. The molecule has 0 aromatic heterocycles. The van der Waals surface area contributed by atoms with Crippen LogP contribution in [0.2, 0.25) is 0 Å². The first-order chi connectivity index (χ1) is 11.6. The van der Waals surface area contributed by atoms with Gasteiger partial charge in [-0.3, -0.25) is 9.59 Å². The summed E-state index contributed by atoms with van der Waals surface area (Å²) < 4.78 is 5.49. The highest BCUT2D eigenvalue weighted by Crippen LogP contribution is 2.28.